The summed E-state index contributed by atoms with van der Waals surface area (Å²) in [5.74, 6) is 3.68. The van der Waals surface area contributed by atoms with E-state index in [-0.39, 0.29) is 5.92 Å². The Morgan fingerprint density at radius 3 is 2.36 bits per heavy atom. The lowest BCUT2D eigenvalue weighted by molar-refractivity contribution is -0.0655. The van der Waals surface area contributed by atoms with Crippen LogP contribution in [-0.2, 0) is 0 Å². The van der Waals surface area contributed by atoms with Gasteiger partial charge in [-0.1, -0.05) is 32.4 Å². The Labute approximate surface area is 153 Å². The van der Waals surface area contributed by atoms with Crippen molar-refractivity contribution in [2.45, 2.75) is 91.9 Å². The molecule has 0 aromatic heterocycles. The Bertz CT molecular complexity index is 482. The molecule has 0 amide bonds. The third kappa shape index (κ3) is 3.21. The van der Waals surface area contributed by atoms with Gasteiger partial charge in [0.2, 0.25) is 6.43 Å². The van der Waals surface area contributed by atoms with Gasteiger partial charge in [-0.2, -0.15) is 0 Å². The lowest BCUT2D eigenvalue weighted by Crippen LogP contribution is -2.47. The van der Waals surface area contributed by atoms with E-state index in [0.29, 0.717) is 11.3 Å². The summed E-state index contributed by atoms with van der Waals surface area (Å²) in [4.78, 5) is 0. The maximum atomic E-state index is 13.1. The molecule has 0 bridgehead atoms. The van der Waals surface area contributed by atoms with Crippen molar-refractivity contribution in [1.29, 1.82) is 0 Å². The first kappa shape index (κ1) is 19.4. The van der Waals surface area contributed by atoms with E-state index in [4.69, 9.17) is 0 Å². The Morgan fingerprint density at radius 1 is 0.960 bits per heavy atom. The topological polar surface area (TPSA) is 0 Å². The lowest BCUT2D eigenvalue weighted by Gasteiger charge is -2.55. The fourth-order valence-corrected chi connectivity index (χ4v) is 7.44. The second kappa shape index (κ2) is 7.69. The van der Waals surface area contributed by atoms with E-state index in [1.165, 1.54) is 38.5 Å². The van der Waals surface area contributed by atoms with E-state index in [9.17, 15) is 8.78 Å². The van der Waals surface area contributed by atoms with Crippen molar-refractivity contribution in [1.82, 2.24) is 0 Å². The highest BCUT2D eigenvalue weighted by molar-refractivity contribution is 5.23. The maximum Gasteiger partial charge on any atom is 0.241 e. The molecule has 4 aliphatic carbocycles. The van der Waals surface area contributed by atoms with Crippen molar-refractivity contribution in [3.63, 3.8) is 0 Å². The number of hydrogen-bond donors (Lipinski definition) is 0. The molecule has 0 nitrogen and oxygen atoms in total. The fraction of sp³-hybridized carbons (Fsp3) is 0.913. The van der Waals surface area contributed by atoms with E-state index < -0.39 is 6.43 Å². The van der Waals surface area contributed by atoms with Gasteiger partial charge >= 0.3 is 0 Å². The molecule has 2 heteroatoms. The standard InChI is InChI=1S/C21H32F2.C2H6/c1-3-15-6-9-19-18-8-4-13-12-14(20(22)23)5-7-16(13)17(18)10-11-21(15,19)2;1-2/h3,13-14,16-20H,4-12H2,1-2H3;1-2H3/b15-3+;. The summed E-state index contributed by atoms with van der Waals surface area (Å²) in [7, 11) is 0. The molecule has 4 rings (SSSR count). The van der Waals surface area contributed by atoms with Gasteiger partial charge < -0.3 is 0 Å². The van der Waals surface area contributed by atoms with E-state index in [1.807, 2.05) is 13.8 Å². The lowest BCUT2D eigenvalue weighted by atomic mass is 9.50. The molecule has 25 heavy (non-hydrogen) atoms. The minimum atomic E-state index is -2.09. The molecule has 0 radical (unpaired) electrons. The second-order valence-electron chi connectivity index (χ2n) is 9.15. The van der Waals surface area contributed by atoms with Crippen molar-refractivity contribution in [2.75, 3.05) is 0 Å². The minimum Gasteiger partial charge on any atom is -0.210 e. The molecule has 4 saturated carbocycles. The van der Waals surface area contributed by atoms with Crippen molar-refractivity contribution in [2.24, 2.45) is 40.9 Å². The third-order valence-electron chi connectivity index (χ3n) is 8.55. The molecular weight excluding hydrogens is 314 g/mol. The SMILES string of the molecule is C/C=C1\CCC2C3CCC4CC(C(F)F)CCC4C3CCC12C.CC. The molecule has 0 aromatic carbocycles. The van der Waals surface area contributed by atoms with Gasteiger partial charge in [-0.05, 0) is 99.7 Å². The summed E-state index contributed by atoms with van der Waals surface area (Å²) in [6.07, 6.45) is 10.9. The van der Waals surface area contributed by atoms with Crippen LogP contribution in [0.25, 0.3) is 0 Å². The van der Waals surface area contributed by atoms with Gasteiger partial charge in [-0.3, -0.25) is 0 Å². The molecule has 7 atom stereocenters. The van der Waals surface area contributed by atoms with Crippen molar-refractivity contribution in [3.8, 4) is 0 Å². The van der Waals surface area contributed by atoms with Crippen LogP contribution in [0.3, 0.4) is 0 Å². The zero-order valence-corrected chi connectivity index (χ0v) is 16.7. The van der Waals surface area contributed by atoms with Gasteiger partial charge in [0.25, 0.3) is 0 Å². The Balaban J connectivity index is 0.000000880. The van der Waals surface area contributed by atoms with Crippen LogP contribution in [0.2, 0.25) is 0 Å². The van der Waals surface area contributed by atoms with Gasteiger partial charge in [0.15, 0.2) is 0 Å². The zero-order valence-electron chi connectivity index (χ0n) is 16.7. The Kier molecular flexibility index (Phi) is 5.95. The molecule has 0 heterocycles. The predicted molar refractivity (Wildman–Crippen MR) is 102 cm³/mol. The zero-order chi connectivity index (χ0) is 18.2. The molecule has 0 aromatic rings. The summed E-state index contributed by atoms with van der Waals surface area (Å²) >= 11 is 0. The molecule has 0 N–H and O–H groups in total. The van der Waals surface area contributed by atoms with Crippen LogP contribution in [0.1, 0.15) is 85.5 Å². The first-order valence-corrected chi connectivity index (χ1v) is 11.0. The van der Waals surface area contributed by atoms with Gasteiger partial charge in [-0.25, -0.2) is 8.78 Å². The summed E-state index contributed by atoms with van der Waals surface area (Å²) in [6.45, 7) is 8.74. The first-order valence-electron chi connectivity index (χ1n) is 11.0. The Hall–Kier alpha value is -0.400. The fourth-order valence-electron chi connectivity index (χ4n) is 7.44. The smallest absolute Gasteiger partial charge is 0.210 e. The normalized spacial score (nSPS) is 47.6. The largest absolute Gasteiger partial charge is 0.241 e. The van der Waals surface area contributed by atoms with E-state index in [1.54, 1.807) is 5.57 Å². The summed E-state index contributed by atoms with van der Waals surface area (Å²) in [5.41, 5.74) is 2.17. The third-order valence-corrected chi connectivity index (χ3v) is 8.55. The van der Waals surface area contributed by atoms with Crippen LogP contribution in [0.15, 0.2) is 11.6 Å². The van der Waals surface area contributed by atoms with Gasteiger partial charge in [0.05, 0.1) is 0 Å². The quantitative estimate of drug-likeness (QED) is 0.429. The van der Waals surface area contributed by atoms with E-state index in [0.717, 1.165) is 42.9 Å². The molecule has 0 aliphatic heterocycles. The molecule has 4 fully saturated rings. The van der Waals surface area contributed by atoms with E-state index in [2.05, 4.69) is 19.9 Å². The number of fused-ring (bicyclic) bond motifs is 5. The molecule has 7 unspecified atom stereocenters. The van der Waals surface area contributed by atoms with Crippen LogP contribution < -0.4 is 0 Å². The monoisotopic (exact) mass is 352 g/mol. The van der Waals surface area contributed by atoms with Crippen LogP contribution >= 0.6 is 0 Å². The maximum absolute atomic E-state index is 13.1. The number of alkyl halides is 2. The average Bonchev–Trinajstić information content (AvgIpc) is 2.99. The predicted octanol–water partition coefficient (Wildman–Crippen LogP) is 7.49. The summed E-state index contributed by atoms with van der Waals surface area (Å²) in [6, 6.07) is 0. The van der Waals surface area contributed by atoms with Gasteiger partial charge in [-0.15, -0.1) is 0 Å². The summed E-state index contributed by atoms with van der Waals surface area (Å²) in [5, 5.41) is 0. The Morgan fingerprint density at radius 2 is 1.68 bits per heavy atom. The highest BCUT2D eigenvalue weighted by Crippen LogP contribution is 2.64. The average molecular weight is 353 g/mol. The van der Waals surface area contributed by atoms with Crippen LogP contribution in [-0.4, -0.2) is 6.43 Å². The minimum absolute atomic E-state index is 0.303. The molecule has 0 spiro atoms. The molecule has 0 saturated heterocycles. The second-order valence-corrected chi connectivity index (χ2v) is 9.15. The van der Waals surface area contributed by atoms with Crippen molar-refractivity contribution >= 4 is 0 Å². The van der Waals surface area contributed by atoms with Gasteiger partial charge in [0, 0.05) is 5.92 Å². The van der Waals surface area contributed by atoms with Gasteiger partial charge in [0.1, 0.15) is 0 Å². The van der Waals surface area contributed by atoms with E-state index >= 15 is 0 Å². The molecular formula is C23H38F2. The number of allylic oxidation sites excluding steroid dienone is 2. The van der Waals surface area contributed by atoms with Crippen LogP contribution in [0.4, 0.5) is 8.78 Å². The van der Waals surface area contributed by atoms with Crippen LogP contribution in [0, 0.1) is 40.9 Å². The van der Waals surface area contributed by atoms with Crippen LogP contribution in [0.5, 0.6) is 0 Å². The highest BCUT2D eigenvalue weighted by Gasteiger charge is 2.55. The highest BCUT2D eigenvalue weighted by atomic mass is 19.3. The van der Waals surface area contributed by atoms with Crippen molar-refractivity contribution < 1.29 is 8.78 Å². The number of hydrogen-bond acceptors (Lipinski definition) is 0. The summed E-state index contributed by atoms with van der Waals surface area (Å²) < 4.78 is 26.2. The number of halogens is 2. The molecule has 4 aliphatic rings. The van der Waals surface area contributed by atoms with Crippen molar-refractivity contribution in [3.05, 3.63) is 11.6 Å². The molecule has 144 valence electrons. The first-order chi connectivity index (χ1) is 12.0. The number of rotatable bonds is 1.